The van der Waals surface area contributed by atoms with Crippen molar-refractivity contribution < 1.29 is 0 Å². The van der Waals surface area contributed by atoms with E-state index in [0.29, 0.717) is 6.54 Å². The fourth-order valence-corrected chi connectivity index (χ4v) is 2.98. The Kier molecular flexibility index (Phi) is 7.41. The topological polar surface area (TPSA) is 52.0 Å². The minimum absolute atomic E-state index is 0. The minimum atomic E-state index is -0.0130. The van der Waals surface area contributed by atoms with Crippen molar-refractivity contribution in [3.05, 3.63) is 59.1 Å². The molecule has 0 amide bonds. The lowest BCUT2D eigenvalue weighted by atomic mass is 10.1. The summed E-state index contributed by atoms with van der Waals surface area (Å²) < 4.78 is 0. The molecule has 0 spiro atoms. The van der Waals surface area contributed by atoms with Gasteiger partial charge in [-0.05, 0) is 48.9 Å². The lowest BCUT2D eigenvalue weighted by Gasteiger charge is -2.15. The Hall–Kier alpha value is -0.710. The quantitative estimate of drug-likeness (QED) is 0.862. The molecule has 0 aliphatic heterocycles. The normalized spacial score (nSPS) is 11.8. The minimum Gasteiger partial charge on any atom is -0.330 e. The fraction of sp³-hybridized carbons (Fsp3) is 0.200. The van der Waals surface area contributed by atoms with E-state index in [1.165, 1.54) is 4.90 Å². The molecule has 0 aliphatic rings. The molecule has 4 N–H and O–H groups in total. The van der Waals surface area contributed by atoms with Gasteiger partial charge in [0.1, 0.15) is 0 Å². The van der Waals surface area contributed by atoms with Gasteiger partial charge in [0.05, 0.1) is 0 Å². The molecule has 2 rings (SSSR count). The number of rotatable bonds is 5. The summed E-state index contributed by atoms with van der Waals surface area (Å²) >= 11 is 7.59. The van der Waals surface area contributed by atoms with Crippen molar-refractivity contribution in [2.75, 3.05) is 6.54 Å². The molecule has 0 fully saturated rings. The van der Waals surface area contributed by atoms with Crippen LogP contribution in [0.15, 0.2) is 58.3 Å². The number of halogens is 2. The first-order valence-corrected chi connectivity index (χ1v) is 7.38. The fourth-order valence-electron chi connectivity index (χ4n) is 1.84. The van der Waals surface area contributed by atoms with Crippen LogP contribution in [0.4, 0.5) is 0 Å². The maximum Gasteiger partial charge on any atom is 0.0406 e. The van der Waals surface area contributed by atoms with E-state index in [-0.39, 0.29) is 18.4 Å². The third-order valence-electron chi connectivity index (χ3n) is 2.84. The van der Waals surface area contributed by atoms with Crippen LogP contribution in [0.1, 0.15) is 18.0 Å². The lowest BCUT2D eigenvalue weighted by molar-refractivity contribution is 0.651. The second kappa shape index (κ2) is 8.55. The Morgan fingerprint density at radius 1 is 1.05 bits per heavy atom. The molecule has 0 unspecified atom stereocenters. The molecule has 2 nitrogen and oxygen atoms in total. The molecule has 2 aromatic carbocycles. The van der Waals surface area contributed by atoms with E-state index in [9.17, 15) is 0 Å². The SMILES string of the molecule is Cl.NCC[C@H](N)c1ccccc1Sc1ccc(Cl)cc1. The average molecular weight is 329 g/mol. The van der Waals surface area contributed by atoms with Crippen LogP contribution in [-0.4, -0.2) is 6.54 Å². The van der Waals surface area contributed by atoms with Crippen molar-refractivity contribution in [2.45, 2.75) is 22.3 Å². The van der Waals surface area contributed by atoms with Crippen molar-refractivity contribution in [3.8, 4) is 0 Å². The van der Waals surface area contributed by atoms with Gasteiger partial charge in [0, 0.05) is 20.9 Å². The monoisotopic (exact) mass is 328 g/mol. The predicted molar refractivity (Wildman–Crippen MR) is 89.9 cm³/mol. The molecule has 0 aliphatic carbocycles. The molecule has 0 heterocycles. The third kappa shape index (κ3) is 4.69. The van der Waals surface area contributed by atoms with Gasteiger partial charge in [0.15, 0.2) is 0 Å². The summed E-state index contributed by atoms with van der Waals surface area (Å²) in [5.74, 6) is 0. The van der Waals surface area contributed by atoms with Crippen LogP contribution in [0.5, 0.6) is 0 Å². The molecule has 1 atom stereocenters. The van der Waals surface area contributed by atoms with Gasteiger partial charge in [-0.25, -0.2) is 0 Å². The van der Waals surface area contributed by atoms with Crippen LogP contribution in [-0.2, 0) is 0 Å². The highest BCUT2D eigenvalue weighted by atomic mass is 35.5. The zero-order valence-electron chi connectivity index (χ0n) is 11.0. The first-order chi connectivity index (χ1) is 9.20. The van der Waals surface area contributed by atoms with E-state index in [4.69, 9.17) is 23.1 Å². The van der Waals surface area contributed by atoms with Gasteiger partial charge in [-0.3, -0.25) is 0 Å². The van der Waals surface area contributed by atoms with Gasteiger partial charge in [-0.2, -0.15) is 0 Å². The molecular weight excluding hydrogens is 311 g/mol. The molecule has 2 aromatic rings. The standard InChI is InChI=1S/C15H17ClN2S.ClH/c16-11-5-7-12(8-6-11)19-15-4-2-1-3-13(15)14(18)9-10-17;/h1-8,14H,9-10,17-18H2;1H/t14-;/m0./s1. The highest BCUT2D eigenvalue weighted by Gasteiger charge is 2.10. The second-order valence-corrected chi connectivity index (χ2v) is 5.83. The largest absolute Gasteiger partial charge is 0.330 e. The van der Waals surface area contributed by atoms with Crippen LogP contribution in [0.25, 0.3) is 0 Å². The molecule has 5 heteroatoms. The molecule has 20 heavy (non-hydrogen) atoms. The van der Waals surface area contributed by atoms with Crippen LogP contribution in [0, 0.1) is 0 Å². The summed E-state index contributed by atoms with van der Waals surface area (Å²) in [5, 5.41) is 0.748. The third-order valence-corrected chi connectivity index (χ3v) is 4.19. The van der Waals surface area contributed by atoms with Gasteiger partial charge in [-0.1, -0.05) is 41.6 Å². The summed E-state index contributed by atoms with van der Waals surface area (Å²) in [5.41, 5.74) is 12.9. The van der Waals surface area contributed by atoms with Gasteiger partial charge in [0.25, 0.3) is 0 Å². The molecular formula is C15H18Cl2N2S. The number of benzene rings is 2. The summed E-state index contributed by atoms with van der Waals surface area (Å²) in [6.07, 6.45) is 0.790. The van der Waals surface area contributed by atoms with Gasteiger partial charge >= 0.3 is 0 Å². The Morgan fingerprint density at radius 2 is 1.70 bits per heavy atom. The van der Waals surface area contributed by atoms with E-state index in [2.05, 4.69) is 12.1 Å². The summed E-state index contributed by atoms with van der Waals surface area (Å²) in [6, 6.07) is 16.0. The zero-order valence-corrected chi connectivity index (χ0v) is 13.3. The van der Waals surface area contributed by atoms with Gasteiger partial charge < -0.3 is 11.5 Å². The van der Waals surface area contributed by atoms with E-state index in [0.717, 1.165) is 21.9 Å². The van der Waals surface area contributed by atoms with Crippen molar-refractivity contribution >= 4 is 35.8 Å². The van der Waals surface area contributed by atoms with Crippen molar-refractivity contribution in [1.82, 2.24) is 0 Å². The van der Waals surface area contributed by atoms with Gasteiger partial charge in [-0.15, -0.1) is 12.4 Å². The van der Waals surface area contributed by atoms with E-state index in [1.54, 1.807) is 11.8 Å². The summed E-state index contributed by atoms with van der Waals surface area (Å²) in [4.78, 5) is 2.32. The summed E-state index contributed by atoms with van der Waals surface area (Å²) in [7, 11) is 0. The van der Waals surface area contributed by atoms with Crippen LogP contribution < -0.4 is 11.5 Å². The Balaban J connectivity index is 0.00000200. The Bertz CT molecular complexity index is 532. The van der Waals surface area contributed by atoms with Crippen molar-refractivity contribution in [2.24, 2.45) is 11.5 Å². The molecule has 0 aromatic heterocycles. The van der Waals surface area contributed by atoms with E-state index >= 15 is 0 Å². The Morgan fingerprint density at radius 3 is 2.35 bits per heavy atom. The maximum atomic E-state index is 6.17. The average Bonchev–Trinajstić information content (AvgIpc) is 2.42. The van der Waals surface area contributed by atoms with Crippen LogP contribution in [0.3, 0.4) is 0 Å². The zero-order chi connectivity index (χ0) is 13.7. The molecule has 0 radical (unpaired) electrons. The highest BCUT2D eigenvalue weighted by molar-refractivity contribution is 7.99. The Labute approximate surface area is 135 Å². The smallest absolute Gasteiger partial charge is 0.0406 e. The highest BCUT2D eigenvalue weighted by Crippen LogP contribution is 2.33. The first-order valence-electron chi connectivity index (χ1n) is 6.18. The van der Waals surface area contributed by atoms with E-state index in [1.807, 2.05) is 36.4 Å². The molecule has 0 saturated heterocycles. The van der Waals surface area contributed by atoms with Crippen LogP contribution >= 0.6 is 35.8 Å². The maximum absolute atomic E-state index is 6.17. The van der Waals surface area contributed by atoms with Crippen LogP contribution in [0.2, 0.25) is 5.02 Å². The second-order valence-electron chi connectivity index (χ2n) is 4.28. The van der Waals surface area contributed by atoms with Gasteiger partial charge in [0.2, 0.25) is 0 Å². The number of hydrogen-bond acceptors (Lipinski definition) is 3. The summed E-state index contributed by atoms with van der Waals surface area (Å²) in [6.45, 7) is 0.598. The van der Waals surface area contributed by atoms with Crippen molar-refractivity contribution in [1.29, 1.82) is 0 Å². The van der Waals surface area contributed by atoms with Crippen molar-refractivity contribution in [3.63, 3.8) is 0 Å². The molecule has 108 valence electrons. The number of hydrogen-bond donors (Lipinski definition) is 2. The predicted octanol–water partition coefficient (Wildman–Crippen LogP) is 4.26. The lowest BCUT2D eigenvalue weighted by Crippen LogP contribution is -2.15. The number of nitrogens with two attached hydrogens (primary N) is 2. The first kappa shape index (κ1) is 17.3. The molecule has 0 saturated carbocycles. The van der Waals surface area contributed by atoms with E-state index < -0.39 is 0 Å². The molecule has 0 bridgehead atoms.